The van der Waals surface area contributed by atoms with Crippen LogP contribution in [-0.4, -0.2) is 24.6 Å². The second-order valence-corrected chi connectivity index (χ2v) is 6.52. The summed E-state index contributed by atoms with van der Waals surface area (Å²) in [4.78, 5) is 23.4. The van der Waals surface area contributed by atoms with E-state index in [0.29, 0.717) is 18.6 Å². The van der Waals surface area contributed by atoms with E-state index in [1.54, 1.807) is 18.3 Å². The van der Waals surface area contributed by atoms with E-state index in [1.807, 2.05) is 48.5 Å². The summed E-state index contributed by atoms with van der Waals surface area (Å²) < 4.78 is 5.54. The molecule has 6 heteroatoms. The van der Waals surface area contributed by atoms with Crippen LogP contribution in [0.4, 0.5) is 5.69 Å². The van der Waals surface area contributed by atoms with Crippen LogP contribution in [0.3, 0.4) is 0 Å². The third-order valence-corrected chi connectivity index (χ3v) is 4.56. The van der Waals surface area contributed by atoms with E-state index >= 15 is 0 Å². The molecule has 0 unspecified atom stereocenters. The van der Waals surface area contributed by atoms with Gasteiger partial charge in [0.2, 0.25) is 5.91 Å². The number of hydrogen-bond acceptors (Lipinski definition) is 4. The highest BCUT2D eigenvalue weighted by Gasteiger charge is 2.15. The first-order valence-electron chi connectivity index (χ1n) is 9.04. The van der Waals surface area contributed by atoms with Crippen LogP contribution in [0.5, 0.6) is 5.75 Å². The molecule has 0 saturated heterocycles. The van der Waals surface area contributed by atoms with Crippen molar-refractivity contribution in [3.8, 4) is 5.75 Å². The number of hydrogen-bond donors (Lipinski definition) is 2. The van der Waals surface area contributed by atoms with E-state index in [0.717, 1.165) is 27.6 Å². The Labute approximate surface area is 162 Å². The third kappa shape index (κ3) is 4.01. The maximum atomic E-state index is 12.0. The van der Waals surface area contributed by atoms with E-state index < -0.39 is 0 Å². The lowest BCUT2D eigenvalue weighted by Gasteiger charge is -2.17. The Morgan fingerprint density at radius 1 is 1.11 bits per heavy atom. The topological polar surface area (TPSA) is 79.8 Å². The number of aryl methyl sites for hydroxylation is 1. The van der Waals surface area contributed by atoms with Gasteiger partial charge in [-0.15, -0.1) is 0 Å². The summed E-state index contributed by atoms with van der Waals surface area (Å²) in [6.07, 6.45) is 2.75. The van der Waals surface area contributed by atoms with Crippen LogP contribution in [0.15, 0.2) is 65.8 Å². The van der Waals surface area contributed by atoms with Gasteiger partial charge in [0.1, 0.15) is 5.75 Å². The van der Waals surface area contributed by atoms with E-state index in [2.05, 4.69) is 15.8 Å². The minimum Gasteiger partial charge on any atom is -0.484 e. The second-order valence-electron chi connectivity index (χ2n) is 6.52. The number of amides is 2. The van der Waals surface area contributed by atoms with Gasteiger partial charge in [-0.1, -0.05) is 42.5 Å². The molecule has 1 heterocycles. The van der Waals surface area contributed by atoms with Crippen molar-refractivity contribution in [2.75, 3.05) is 11.9 Å². The van der Waals surface area contributed by atoms with Crippen LogP contribution in [0.25, 0.3) is 10.8 Å². The van der Waals surface area contributed by atoms with Crippen LogP contribution in [0.2, 0.25) is 0 Å². The number of nitrogens with zero attached hydrogens (tertiary/aromatic N) is 1. The summed E-state index contributed by atoms with van der Waals surface area (Å²) in [5.41, 5.74) is 5.21. The lowest BCUT2D eigenvalue weighted by atomic mass is 10.0. The van der Waals surface area contributed by atoms with E-state index in [9.17, 15) is 9.59 Å². The van der Waals surface area contributed by atoms with Crippen LogP contribution >= 0.6 is 0 Å². The first kappa shape index (κ1) is 17.7. The molecule has 0 fully saturated rings. The number of fused-ring (bicyclic) bond motifs is 2. The van der Waals surface area contributed by atoms with Crippen molar-refractivity contribution in [2.24, 2.45) is 5.10 Å². The summed E-state index contributed by atoms with van der Waals surface area (Å²) in [5, 5.41) is 9.03. The molecule has 1 aliphatic rings. The average Bonchev–Trinajstić information content (AvgIpc) is 2.72. The Balaban J connectivity index is 1.33. The minimum atomic E-state index is -0.345. The molecule has 140 valence electrons. The SMILES string of the molecule is O=C(COc1ccc2c(c1)CCC(=O)N2)N/N=C/c1cccc2ccccc12. The fraction of sp³-hybridized carbons (Fsp3) is 0.136. The van der Waals surface area contributed by atoms with Crippen molar-refractivity contribution in [1.82, 2.24) is 5.43 Å². The molecule has 3 aromatic rings. The van der Waals surface area contributed by atoms with Crippen molar-refractivity contribution < 1.29 is 14.3 Å². The fourth-order valence-corrected chi connectivity index (χ4v) is 3.17. The number of anilines is 1. The molecule has 0 bridgehead atoms. The molecule has 0 saturated carbocycles. The molecular weight excluding hydrogens is 354 g/mol. The zero-order valence-corrected chi connectivity index (χ0v) is 15.1. The molecule has 6 nitrogen and oxygen atoms in total. The number of ether oxygens (including phenoxy) is 1. The fourth-order valence-electron chi connectivity index (χ4n) is 3.17. The van der Waals surface area contributed by atoms with Crippen molar-refractivity contribution in [2.45, 2.75) is 12.8 Å². The van der Waals surface area contributed by atoms with Crippen LogP contribution < -0.4 is 15.5 Å². The number of carbonyl (C=O) groups is 2. The van der Waals surface area contributed by atoms with Gasteiger partial charge in [0.15, 0.2) is 6.61 Å². The maximum absolute atomic E-state index is 12.0. The number of nitrogens with one attached hydrogen (secondary N) is 2. The lowest BCUT2D eigenvalue weighted by Crippen LogP contribution is -2.24. The number of benzene rings is 3. The predicted octanol–water partition coefficient (Wildman–Crippen LogP) is 3.25. The molecule has 28 heavy (non-hydrogen) atoms. The quantitative estimate of drug-likeness (QED) is 0.532. The van der Waals surface area contributed by atoms with Crippen molar-refractivity contribution in [1.29, 1.82) is 0 Å². The van der Waals surface area contributed by atoms with Gasteiger partial charge in [-0.05, 0) is 41.0 Å². The number of hydrazone groups is 1. The van der Waals surface area contributed by atoms with Gasteiger partial charge in [0.25, 0.3) is 5.91 Å². The Hall–Kier alpha value is -3.67. The molecule has 2 N–H and O–H groups in total. The Morgan fingerprint density at radius 3 is 2.89 bits per heavy atom. The minimum absolute atomic E-state index is 0.0182. The van der Waals surface area contributed by atoms with Crippen LogP contribution in [0, 0.1) is 0 Å². The van der Waals surface area contributed by atoms with Gasteiger partial charge in [0.05, 0.1) is 6.21 Å². The summed E-state index contributed by atoms with van der Waals surface area (Å²) in [7, 11) is 0. The third-order valence-electron chi connectivity index (χ3n) is 4.56. The highest BCUT2D eigenvalue weighted by molar-refractivity contribution is 6.00. The van der Waals surface area contributed by atoms with E-state index in [-0.39, 0.29) is 18.4 Å². The standard InChI is InChI=1S/C22H19N3O3/c26-21-11-8-16-12-18(9-10-20(16)24-21)28-14-22(27)25-23-13-17-6-3-5-15-4-1-2-7-19(15)17/h1-7,9-10,12-13H,8,11,14H2,(H,24,26)(H,25,27)/b23-13+. The highest BCUT2D eigenvalue weighted by atomic mass is 16.5. The van der Waals surface area contributed by atoms with Crippen LogP contribution in [-0.2, 0) is 16.0 Å². The van der Waals surface area contributed by atoms with Gasteiger partial charge < -0.3 is 10.1 Å². The predicted molar refractivity (Wildman–Crippen MR) is 109 cm³/mol. The van der Waals surface area contributed by atoms with Gasteiger partial charge in [-0.25, -0.2) is 5.43 Å². The molecule has 0 spiro atoms. The Morgan fingerprint density at radius 2 is 1.96 bits per heavy atom. The van der Waals surface area contributed by atoms with Gasteiger partial charge in [-0.3, -0.25) is 9.59 Å². The highest BCUT2D eigenvalue weighted by Crippen LogP contribution is 2.26. The zero-order chi connectivity index (χ0) is 19.3. The molecule has 2 amide bonds. The second kappa shape index (κ2) is 7.92. The Kier molecular flexibility index (Phi) is 5.01. The molecular formula is C22H19N3O3. The van der Waals surface area contributed by atoms with Crippen molar-refractivity contribution in [3.63, 3.8) is 0 Å². The molecule has 1 aliphatic heterocycles. The van der Waals surface area contributed by atoms with Crippen molar-refractivity contribution >= 4 is 34.5 Å². The summed E-state index contributed by atoms with van der Waals surface area (Å²) in [6.45, 7) is -0.141. The lowest BCUT2D eigenvalue weighted by molar-refractivity contribution is -0.123. The normalized spacial score (nSPS) is 13.2. The Bertz CT molecular complexity index is 1070. The van der Waals surface area contributed by atoms with Crippen LogP contribution in [0.1, 0.15) is 17.5 Å². The van der Waals surface area contributed by atoms with Crippen molar-refractivity contribution in [3.05, 3.63) is 71.8 Å². The number of carbonyl (C=O) groups excluding carboxylic acids is 2. The molecule has 0 aromatic heterocycles. The maximum Gasteiger partial charge on any atom is 0.277 e. The molecule has 0 aliphatic carbocycles. The molecule has 3 aromatic carbocycles. The van der Waals surface area contributed by atoms with Gasteiger partial charge >= 0.3 is 0 Å². The average molecular weight is 373 g/mol. The summed E-state index contributed by atoms with van der Waals surface area (Å²) in [6, 6.07) is 19.3. The smallest absolute Gasteiger partial charge is 0.277 e. The molecule has 0 radical (unpaired) electrons. The summed E-state index contributed by atoms with van der Waals surface area (Å²) >= 11 is 0. The molecule has 0 atom stereocenters. The van der Waals surface area contributed by atoms with Gasteiger partial charge in [0, 0.05) is 17.7 Å². The largest absolute Gasteiger partial charge is 0.484 e. The summed E-state index contributed by atoms with van der Waals surface area (Å²) in [5.74, 6) is 0.259. The zero-order valence-electron chi connectivity index (χ0n) is 15.1. The van der Waals surface area contributed by atoms with E-state index in [4.69, 9.17) is 4.74 Å². The first-order chi connectivity index (χ1) is 13.7. The monoisotopic (exact) mass is 373 g/mol. The first-order valence-corrected chi connectivity index (χ1v) is 9.04. The van der Waals surface area contributed by atoms with Gasteiger partial charge in [-0.2, -0.15) is 5.10 Å². The van der Waals surface area contributed by atoms with E-state index in [1.165, 1.54) is 0 Å². The number of rotatable bonds is 5. The molecule has 4 rings (SSSR count).